The fourth-order valence-corrected chi connectivity index (χ4v) is 6.89. The van der Waals surface area contributed by atoms with E-state index >= 15 is 0 Å². The molecule has 1 aromatic carbocycles. The van der Waals surface area contributed by atoms with Gasteiger partial charge in [-0.3, -0.25) is 9.59 Å². The van der Waals surface area contributed by atoms with E-state index in [1.165, 1.54) is 11.2 Å². The van der Waals surface area contributed by atoms with Gasteiger partial charge in [0.05, 0.1) is 39.2 Å². The Morgan fingerprint density at radius 2 is 1.72 bits per heavy atom. The number of imidazole rings is 1. The lowest BCUT2D eigenvalue weighted by Gasteiger charge is -2.33. The van der Waals surface area contributed by atoms with Gasteiger partial charge in [-0.1, -0.05) is 44.2 Å². The van der Waals surface area contributed by atoms with Crippen LogP contribution in [0.2, 0.25) is 0 Å². The largest absolute Gasteiger partial charge is 0.497 e. The maximum atomic E-state index is 14.2. The molecule has 3 fully saturated rings. The summed E-state index contributed by atoms with van der Waals surface area (Å²) in [7, 11) is 1.57. The van der Waals surface area contributed by atoms with Gasteiger partial charge in [0, 0.05) is 44.4 Å². The molecule has 1 aliphatic carbocycles. The number of benzene rings is 1. The number of aliphatic hydroxyl groups is 1. The van der Waals surface area contributed by atoms with Crippen molar-refractivity contribution in [2.24, 2.45) is 5.92 Å². The Morgan fingerprint density at radius 3 is 2.36 bits per heavy atom. The lowest BCUT2D eigenvalue weighted by atomic mass is 9.83. The molecule has 1 aromatic heterocycles. The summed E-state index contributed by atoms with van der Waals surface area (Å²) in [6.07, 6.45) is 6.63. The number of aliphatic hydroxyl groups excluding tert-OH is 1. The fraction of sp³-hybridized carbons (Fsp3) is 0.629. The second-order valence-electron chi connectivity index (χ2n) is 13.3. The van der Waals surface area contributed by atoms with E-state index in [0.29, 0.717) is 50.7 Å². The van der Waals surface area contributed by atoms with Gasteiger partial charge in [0.25, 0.3) is 0 Å². The van der Waals surface area contributed by atoms with E-state index in [4.69, 9.17) is 14.2 Å². The minimum atomic E-state index is -1.15. The number of hydrogen-bond acceptors (Lipinski definition) is 9. The van der Waals surface area contributed by atoms with Crippen molar-refractivity contribution in [3.05, 3.63) is 48.0 Å². The second kappa shape index (κ2) is 18.0. The predicted molar refractivity (Wildman–Crippen MR) is 182 cm³/mol. The maximum Gasteiger partial charge on any atom is 0.410 e. The predicted octanol–water partition coefficient (Wildman–Crippen LogP) is 1.76. The minimum Gasteiger partial charge on any atom is -0.497 e. The first-order chi connectivity index (χ1) is 24.2. The molecule has 15 heteroatoms. The van der Waals surface area contributed by atoms with Gasteiger partial charge in [0.2, 0.25) is 11.8 Å². The van der Waals surface area contributed by atoms with Crippen LogP contribution in [0.15, 0.2) is 36.8 Å². The fourth-order valence-electron chi connectivity index (χ4n) is 6.89. The molecule has 50 heavy (non-hydrogen) atoms. The number of carbonyl (C=O) groups is 4. The molecule has 2 saturated heterocycles. The lowest BCUT2D eigenvalue weighted by molar-refractivity contribution is -0.131. The Morgan fingerprint density at radius 1 is 1.02 bits per heavy atom. The molecule has 5 amide bonds. The highest BCUT2D eigenvalue weighted by Gasteiger charge is 2.41. The third kappa shape index (κ3) is 10.1. The summed E-state index contributed by atoms with van der Waals surface area (Å²) >= 11 is 0. The molecule has 5 rings (SSSR count). The number of aromatic amines is 1. The van der Waals surface area contributed by atoms with Crippen molar-refractivity contribution in [1.29, 1.82) is 0 Å². The van der Waals surface area contributed by atoms with E-state index in [-0.39, 0.29) is 25.3 Å². The topological polar surface area (TPSA) is 187 Å². The van der Waals surface area contributed by atoms with E-state index in [0.717, 1.165) is 37.7 Å². The van der Waals surface area contributed by atoms with E-state index in [1.54, 1.807) is 30.3 Å². The summed E-state index contributed by atoms with van der Waals surface area (Å²) in [6, 6.07) is 3.97. The number of nitrogens with one attached hydrogen (secondary N) is 4. The number of cyclic esters (lactones) is 1. The van der Waals surface area contributed by atoms with E-state index in [9.17, 15) is 24.3 Å². The molecule has 0 spiro atoms. The molecule has 5 atom stereocenters. The summed E-state index contributed by atoms with van der Waals surface area (Å²) in [5, 5.41) is 20.4. The van der Waals surface area contributed by atoms with Crippen molar-refractivity contribution >= 4 is 23.9 Å². The summed E-state index contributed by atoms with van der Waals surface area (Å²) in [5.41, 5.74) is 1.40. The third-order valence-electron chi connectivity index (χ3n) is 9.85. The minimum absolute atomic E-state index is 0.0819. The molecule has 5 N–H and O–H groups in total. The summed E-state index contributed by atoms with van der Waals surface area (Å²) < 4.78 is 16.2. The SMILES string of the molecule is CCN1CC(C(O)C(CC2CCCCC2)NC(=O)C(Cc2cnc[nH]2)NC(=O)C(Cc2ccc(OC)cc2)NC(=O)N2CCOCC2)OC1=O. The van der Waals surface area contributed by atoms with Crippen LogP contribution in [0.4, 0.5) is 9.59 Å². The number of aromatic nitrogens is 2. The second-order valence-corrected chi connectivity index (χ2v) is 13.3. The number of rotatable bonds is 15. The molecular weight excluding hydrogens is 646 g/mol. The van der Waals surface area contributed by atoms with Crippen LogP contribution in [0.5, 0.6) is 5.75 Å². The normalized spacial score (nSPS) is 20.7. The quantitative estimate of drug-likeness (QED) is 0.185. The van der Waals surface area contributed by atoms with Crippen LogP contribution in [0.3, 0.4) is 0 Å². The zero-order valence-electron chi connectivity index (χ0n) is 29.0. The summed E-state index contributed by atoms with van der Waals surface area (Å²) in [6.45, 7) is 4.09. The molecule has 3 heterocycles. The van der Waals surface area contributed by atoms with Gasteiger partial charge in [-0.05, 0) is 37.0 Å². The number of methoxy groups -OCH3 is 1. The van der Waals surface area contributed by atoms with Crippen LogP contribution < -0.4 is 20.7 Å². The number of H-pyrrole nitrogens is 1. The molecule has 1 saturated carbocycles. The van der Waals surface area contributed by atoms with Gasteiger partial charge in [-0.2, -0.15) is 0 Å². The van der Waals surface area contributed by atoms with Gasteiger partial charge in [0.15, 0.2) is 0 Å². The van der Waals surface area contributed by atoms with Gasteiger partial charge in [0.1, 0.15) is 30.0 Å². The van der Waals surface area contributed by atoms with E-state index < -0.39 is 54.3 Å². The number of amides is 5. The van der Waals surface area contributed by atoms with Crippen LogP contribution in [0, 0.1) is 5.92 Å². The van der Waals surface area contributed by atoms with Gasteiger partial charge >= 0.3 is 12.1 Å². The number of likely N-dealkylation sites (N-methyl/N-ethyl adjacent to an activating group) is 1. The monoisotopic (exact) mass is 697 g/mol. The van der Waals surface area contributed by atoms with Gasteiger partial charge < -0.3 is 50.1 Å². The standard InChI is InChI=1S/C35H51N7O8/c1-3-41-21-30(50-35(41)47)31(43)27(17-23-7-5-4-6-8-23)38-33(45)29(19-25-20-36-22-37-25)39-32(44)28(18-24-9-11-26(48-2)12-10-24)40-34(46)42-13-15-49-16-14-42/h9-12,20,22-23,27-31,43H,3-8,13-19,21H2,1-2H3,(H,36,37)(H,38,45)(H,39,44)(H,40,46). The van der Waals surface area contributed by atoms with Crippen LogP contribution in [-0.4, -0.2) is 126 Å². The number of carbonyl (C=O) groups excluding carboxylic acids is 4. The van der Waals surface area contributed by atoms with Crippen molar-refractivity contribution in [3.8, 4) is 5.75 Å². The number of nitrogens with zero attached hydrogens (tertiary/aromatic N) is 3. The molecular formula is C35H51N7O8. The molecule has 2 aliphatic heterocycles. The Labute approximate surface area is 292 Å². The zero-order valence-corrected chi connectivity index (χ0v) is 29.0. The number of ether oxygens (including phenoxy) is 3. The number of morpholine rings is 1. The van der Waals surface area contributed by atoms with Crippen LogP contribution in [-0.2, 0) is 31.9 Å². The summed E-state index contributed by atoms with van der Waals surface area (Å²) in [5.74, 6) is -0.113. The molecule has 0 radical (unpaired) electrons. The smallest absolute Gasteiger partial charge is 0.410 e. The zero-order chi connectivity index (χ0) is 35.5. The lowest BCUT2D eigenvalue weighted by Crippen LogP contribution is -2.59. The Hall–Kier alpha value is -4.37. The molecule has 274 valence electrons. The highest BCUT2D eigenvalue weighted by Crippen LogP contribution is 2.29. The number of urea groups is 1. The number of hydrogen-bond donors (Lipinski definition) is 5. The Balaban J connectivity index is 1.35. The molecule has 2 aromatic rings. The first-order valence-electron chi connectivity index (χ1n) is 17.7. The molecule has 0 bridgehead atoms. The Kier molecular flexibility index (Phi) is 13.3. The molecule has 5 unspecified atom stereocenters. The van der Waals surface area contributed by atoms with Crippen molar-refractivity contribution in [2.45, 2.75) is 88.6 Å². The van der Waals surface area contributed by atoms with Crippen molar-refractivity contribution in [3.63, 3.8) is 0 Å². The van der Waals surface area contributed by atoms with Crippen LogP contribution >= 0.6 is 0 Å². The average Bonchev–Trinajstić information content (AvgIpc) is 3.80. The van der Waals surface area contributed by atoms with Crippen LogP contribution in [0.1, 0.15) is 56.7 Å². The third-order valence-corrected chi connectivity index (χ3v) is 9.85. The average molecular weight is 698 g/mol. The summed E-state index contributed by atoms with van der Waals surface area (Å²) in [4.78, 5) is 64.1. The van der Waals surface area contributed by atoms with Crippen LogP contribution in [0.25, 0.3) is 0 Å². The van der Waals surface area contributed by atoms with E-state index in [2.05, 4.69) is 25.9 Å². The molecule has 15 nitrogen and oxygen atoms in total. The Bertz CT molecular complexity index is 1400. The van der Waals surface area contributed by atoms with Gasteiger partial charge in [-0.25, -0.2) is 14.6 Å². The van der Waals surface area contributed by atoms with E-state index in [1.807, 2.05) is 19.1 Å². The van der Waals surface area contributed by atoms with Crippen molar-refractivity contribution < 1.29 is 38.5 Å². The van der Waals surface area contributed by atoms with Crippen molar-refractivity contribution in [2.75, 3.05) is 46.5 Å². The highest BCUT2D eigenvalue weighted by atomic mass is 16.6. The first kappa shape index (κ1) is 36.9. The van der Waals surface area contributed by atoms with Gasteiger partial charge in [-0.15, -0.1) is 0 Å². The van der Waals surface area contributed by atoms with Crippen molar-refractivity contribution in [1.82, 2.24) is 35.7 Å². The molecule has 3 aliphatic rings. The first-order valence-corrected chi connectivity index (χ1v) is 17.7. The maximum absolute atomic E-state index is 14.2. The highest BCUT2D eigenvalue weighted by molar-refractivity contribution is 5.92.